The highest BCUT2D eigenvalue weighted by atomic mass is 16.1. The molecule has 0 aromatic rings. The summed E-state index contributed by atoms with van der Waals surface area (Å²) in [4.78, 5) is 10.5. The summed E-state index contributed by atoms with van der Waals surface area (Å²) >= 11 is 0. The van der Waals surface area contributed by atoms with Crippen LogP contribution >= 0.6 is 0 Å². The van der Waals surface area contributed by atoms with Crippen molar-refractivity contribution in [2.24, 2.45) is 17.4 Å². The van der Waals surface area contributed by atoms with Gasteiger partial charge in [-0.15, -0.1) is 0 Å². The van der Waals surface area contributed by atoms with Crippen molar-refractivity contribution in [3.05, 3.63) is 0 Å². The van der Waals surface area contributed by atoms with Crippen LogP contribution in [0.2, 0.25) is 0 Å². The zero-order chi connectivity index (χ0) is 9.56. The quantitative estimate of drug-likeness (QED) is 0.503. The molecule has 0 saturated heterocycles. The van der Waals surface area contributed by atoms with E-state index in [2.05, 4.69) is 19.2 Å². The van der Waals surface area contributed by atoms with E-state index < -0.39 is 11.9 Å². The van der Waals surface area contributed by atoms with E-state index in [9.17, 15) is 4.79 Å². The van der Waals surface area contributed by atoms with Crippen LogP contribution in [0.1, 0.15) is 20.3 Å². The van der Waals surface area contributed by atoms with Crippen molar-refractivity contribution in [1.29, 1.82) is 0 Å². The van der Waals surface area contributed by atoms with Gasteiger partial charge in [0.05, 0.1) is 6.04 Å². The van der Waals surface area contributed by atoms with Gasteiger partial charge in [-0.1, -0.05) is 20.3 Å². The van der Waals surface area contributed by atoms with Gasteiger partial charge in [-0.2, -0.15) is 0 Å². The number of primary amides is 1. The Kier molecular flexibility index (Phi) is 5.66. The molecule has 5 N–H and O–H groups in total. The minimum atomic E-state index is -0.561. The molecule has 0 aliphatic heterocycles. The monoisotopic (exact) mass is 173 g/mol. The van der Waals surface area contributed by atoms with E-state index in [0.29, 0.717) is 12.5 Å². The average molecular weight is 173 g/mol. The number of hydrogen-bond donors (Lipinski definition) is 3. The minimum Gasteiger partial charge on any atom is -0.368 e. The molecule has 4 nitrogen and oxygen atoms in total. The molecule has 2 atom stereocenters. The van der Waals surface area contributed by atoms with Gasteiger partial charge < -0.3 is 16.8 Å². The highest BCUT2D eigenvalue weighted by Gasteiger charge is 2.08. The topological polar surface area (TPSA) is 81.1 Å². The van der Waals surface area contributed by atoms with E-state index in [1.54, 1.807) is 0 Å². The number of carbonyl (C=O) groups is 1. The van der Waals surface area contributed by atoms with E-state index >= 15 is 0 Å². The van der Waals surface area contributed by atoms with Gasteiger partial charge in [0.25, 0.3) is 0 Å². The van der Waals surface area contributed by atoms with Gasteiger partial charge in [0.1, 0.15) is 0 Å². The van der Waals surface area contributed by atoms with Gasteiger partial charge in [-0.3, -0.25) is 4.79 Å². The average Bonchev–Trinajstić information content (AvgIpc) is 2.03. The highest BCUT2D eigenvalue weighted by molar-refractivity contribution is 5.79. The maximum atomic E-state index is 10.5. The zero-order valence-corrected chi connectivity index (χ0v) is 7.84. The molecule has 0 radical (unpaired) electrons. The molecule has 72 valence electrons. The molecule has 4 heteroatoms. The van der Waals surface area contributed by atoms with Crippen LogP contribution in [-0.4, -0.2) is 25.0 Å². The molecule has 1 amide bonds. The lowest BCUT2D eigenvalue weighted by Gasteiger charge is -2.12. The van der Waals surface area contributed by atoms with E-state index in [-0.39, 0.29) is 0 Å². The molecule has 0 aliphatic carbocycles. The Labute approximate surface area is 73.7 Å². The first-order valence-corrected chi connectivity index (χ1v) is 4.33. The normalized spacial score (nSPS) is 15.6. The first kappa shape index (κ1) is 11.4. The van der Waals surface area contributed by atoms with Gasteiger partial charge in [0.15, 0.2) is 0 Å². The van der Waals surface area contributed by atoms with Crippen LogP contribution in [0.4, 0.5) is 0 Å². The summed E-state index contributed by atoms with van der Waals surface area (Å²) in [6.07, 6.45) is 1.12. The smallest absolute Gasteiger partial charge is 0.235 e. The van der Waals surface area contributed by atoms with Crippen LogP contribution in [0.5, 0.6) is 0 Å². The fraction of sp³-hybridized carbons (Fsp3) is 0.875. The van der Waals surface area contributed by atoms with Crippen molar-refractivity contribution < 1.29 is 4.79 Å². The first-order valence-electron chi connectivity index (χ1n) is 4.33. The summed E-state index contributed by atoms with van der Waals surface area (Å²) in [7, 11) is 0. The largest absolute Gasteiger partial charge is 0.368 e. The Hall–Kier alpha value is -0.610. The van der Waals surface area contributed by atoms with Gasteiger partial charge in [-0.05, 0) is 12.5 Å². The zero-order valence-electron chi connectivity index (χ0n) is 7.84. The lowest BCUT2D eigenvalue weighted by molar-refractivity contribution is -0.119. The summed E-state index contributed by atoms with van der Waals surface area (Å²) in [5, 5.41) is 3.09. The van der Waals surface area contributed by atoms with Crippen molar-refractivity contribution in [2.75, 3.05) is 13.1 Å². The molecule has 0 heterocycles. The van der Waals surface area contributed by atoms with Crippen molar-refractivity contribution in [1.82, 2.24) is 5.32 Å². The van der Waals surface area contributed by atoms with Crippen LogP contribution in [0.15, 0.2) is 0 Å². The van der Waals surface area contributed by atoms with Crippen LogP contribution in [0.25, 0.3) is 0 Å². The van der Waals surface area contributed by atoms with Crippen LogP contribution in [0, 0.1) is 5.92 Å². The fourth-order valence-electron chi connectivity index (χ4n) is 0.730. The second-order valence-electron chi connectivity index (χ2n) is 3.18. The summed E-state index contributed by atoms with van der Waals surface area (Å²) in [5.41, 5.74) is 10.4. The number of carbonyl (C=O) groups excluding carboxylic acids is 1. The van der Waals surface area contributed by atoms with Crippen LogP contribution in [0.3, 0.4) is 0 Å². The Bertz CT molecular complexity index is 138. The molecule has 0 fully saturated rings. The van der Waals surface area contributed by atoms with E-state index in [0.717, 1.165) is 13.0 Å². The first-order chi connectivity index (χ1) is 5.57. The SMILES string of the molecule is CCC(C)CNCC(N)C(N)=O. The molecule has 0 aromatic carbocycles. The molecule has 0 spiro atoms. The third-order valence-electron chi connectivity index (χ3n) is 1.92. The second kappa shape index (κ2) is 5.97. The van der Waals surface area contributed by atoms with Gasteiger partial charge in [-0.25, -0.2) is 0 Å². The predicted octanol–water partition coefficient (Wildman–Crippen LogP) is -0.565. The van der Waals surface area contributed by atoms with Crippen molar-refractivity contribution in [3.63, 3.8) is 0 Å². The van der Waals surface area contributed by atoms with Gasteiger partial charge in [0, 0.05) is 6.54 Å². The molecule has 0 bridgehead atoms. The van der Waals surface area contributed by atoms with Gasteiger partial charge in [0.2, 0.25) is 5.91 Å². The third-order valence-corrected chi connectivity index (χ3v) is 1.92. The molecule has 0 rings (SSSR count). The van der Waals surface area contributed by atoms with E-state index in [1.165, 1.54) is 0 Å². The van der Waals surface area contributed by atoms with Crippen molar-refractivity contribution >= 4 is 5.91 Å². The number of amides is 1. The van der Waals surface area contributed by atoms with Crippen LogP contribution in [-0.2, 0) is 4.79 Å². The second-order valence-corrected chi connectivity index (χ2v) is 3.18. The number of rotatable bonds is 6. The summed E-state index contributed by atoms with van der Waals surface area (Å²) in [5.74, 6) is 0.164. The summed E-state index contributed by atoms with van der Waals surface area (Å²) in [6, 6.07) is -0.561. The summed E-state index contributed by atoms with van der Waals surface area (Å²) in [6.45, 7) is 5.63. The number of nitrogens with one attached hydrogen (secondary N) is 1. The van der Waals surface area contributed by atoms with E-state index in [4.69, 9.17) is 11.5 Å². The van der Waals surface area contributed by atoms with Gasteiger partial charge >= 0.3 is 0 Å². The Morgan fingerprint density at radius 3 is 2.50 bits per heavy atom. The van der Waals surface area contributed by atoms with Crippen molar-refractivity contribution in [3.8, 4) is 0 Å². The standard InChI is InChI=1S/C8H19N3O/c1-3-6(2)4-11-5-7(9)8(10)12/h6-7,11H,3-5,9H2,1-2H3,(H2,10,12). The Balaban J connectivity index is 3.37. The molecule has 0 aromatic heterocycles. The lowest BCUT2D eigenvalue weighted by Crippen LogP contribution is -2.45. The van der Waals surface area contributed by atoms with E-state index in [1.807, 2.05) is 0 Å². The molecular formula is C8H19N3O. The highest BCUT2D eigenvalue weighted by Crippen LogP contribution is 1.96. The molecule has 0 saturated carbocycles. The molecular weight excluding hydrogens is 154 g/mol. The lowest BCUT2D eigenvalue weighted by atomic mass is 10.1. The Morgan fingerprint density at radius 1 is 1.50 bits per heavy atom. The minimum absolute atomic E-state index is 0.452. The maximum absolute atomic E-state index is 10.5. The fourth-order valence-corrected chi connectivity index (χ4v) is 0.730. The third kappa shape index (κ3) is 5.09. The molecule has 12 heavy (non-hydrogen) atoms. The molecule has 2 unspecified atom stereocenters. The van der Waals surface area contributed by atoms with Crippen molar-refractivity contribution in [2.45, 2.75) is 26.3 Å². The number of hydrogen-bond acceptors (Lipinski definition) is 3. The predicted molar refractivity (Wildman–Crippen MR) is 49.5 cm³/mol. The maximum Gasteiger partial charge on any atom is 0.235 e. The summed E-state index contributed by atoms with van der Waals surface area (Å²) < 4.78 is 0. The van der Waals surface area contributed by atoms with Crippen LogP contribution < -0.4 is 16.8 Å². The number of nitrogens with two attached hydrogens (primary N) is 2. The molecule has 0 aliphatic rings. The Morgan fingerprint density at radius 2 is 2.08 bits per heavy atom.